The molecule has 1 amide bonds. The van der Waals surface area contributed by atoms with Crippen LogP contribution in [0.2, 0.25) is 0 Å². The number of hydrogen-bond acceptors (Lipinski definition) is 3. The molecule has 4 nitrogen and oxygen atoms in total. The van der Waals surface area contributed by atoms with Crippen molar-refractivity contribution in [3.8, 4) is 0 Å². The summed E-state index contributed by atoms with van der Waals surface area (Å²) >= 11 is 0. The fourth-order valence-corrected chi connectivity index (χ4v) is 3.43. The zero-order valence-corrected chi connectivity index (χ0v) is 14.5. The molecule has 0 aliphatic heterocycles. The Hall–Kier alpha value is -1.07. The quantitative estimate of drug-likeness (QED) is 0.750. The van der Waals surface area contributed by atoms with E-state index in [0.29, 0.717) is 24.1 Å². The highest BCUT2D eigenvalue weighted by Gasteiger charge is 2.22. The van der Waals surface area contributed by atoms with Crippen molar-refractivity contribution >= 4 is 25.6 Å². The minimum absolute atomic E-state index is 0.0257. The molecule has 0 aliphatic rings. The lowest BCUT2D eigenvalue weighted by Gasteiger charge is -2.26. The molecule has 0 aliphatic carbocycles. The number of benzene rings is 1. The fraction of sp³-hybridized carbons (Fsp3) is 0.533. The van der Waals surface area contributed by atoms with Crippen molar-refractivity contribution in [1.29, 1.82) is 0 Å². The van der Waals surface area contributed by atoms with Crippen LogP contribution >= 0.6 is 10.7 Å². The number of hydrogen-bond donors (Lipinski definition) is 0. The fourth-order valence-electron chi connectivity index (χ4n) is 2.21. The third-order valence-electron chi connectivity index (χ3n) is 3.31. The number of nitrogens with zero attached hydrogens (tertiary/aromatic N) is 1. The molecule has 0 spiro atoms. The Labute approximate surface area is 131 Å². The molecular formula is C15H22ClNO3S. The molecular weight excluding hydrogens is 310 g/mol. The van der Waals surface area contributed by atoms with Gasteiger partial charge in [-0.1, -0.05) is 19.9 Å². The van der Waals surface area contributed by atoms with Gasteiger partial charge in [-0.15, -0.1) is 0 Å². The summed E-state index contributed by atoms with van der Waals surface area (Å²) < 4.78 is 23.3. The molecule has 0 heterocycles. The van der Waals surface area contributed by atoms with Gasteiger partial charge in [0.2, 0.25) is 0 Å². The van der Waals surface area contributed by atoms with Gasteiger partial charge in [0.25, 0.3) is 15.0 Å². The van der Waals surface area contributed by atoms with Crippen LogP contribution in [0.5, 0.6) is 0 Å². The largest absolute Gasteiger partial charge is 0.336 e. The summed E-state index contributed by atoms with van der Waals surface area (Å²) in [4.78, 5) is 14.3. The van der Waals surface area contributed by atoms with E-state index in [1.807, 2.05) is 27.7 Å². The molecule has 118 valence electrons. The van der Waals surface area contributed by atoms with Gasteiger partial charge in [-0.3, -0.25) is 4.79 Å². The molecule has 0 atom stereocenters. The van der Waals surface area contributed by atoms with E-state index < -0.39 is 9.05 Å². The molecule has 21 heavy (non-hydrogen) atoms. The standard InChI is InChI=1S/C15H22ClNO3S/c1-5-9-17(11(3)4)15(18)13-8-7-12(6-2)14(10-13)21(16,19)20/h7-8,10-11H,5-6,9H2,1-4H3. The van der Waals surface area contributed by atoms with Crippen LogP contribution < -0.4 is 0 Å². The monoisotopic (exact) mass is 331 g/mol. The van der Waals surface area contributed by atoms with Gasteiger partial charge in [0.05, 0.1) is 4.90 Å². The minimum Gasteiger partial charge on any atom is -0.336 e. The van der Waals surface area contributed by atoms with Crippen LogP contribution in [0, 0.1) is 0 Å². The lowest BCUT2D eigenvalue weighted by atomic mass is 10.1. The molecule has 6 heteroatoms. The highest BCUT2D eigenvalue weighted by atomic mass is 35.7. The van der Waals surface area contributed by atoms with E-state index in [-0.39, 0.29) is 16.8 Å². The van der Waals surface area contributed by atoms with Crippen molar-refractivity contribution in [2.75, 3.05) is 6.54 Å². The van der Waals surface area contributed by atoms with E-state index in [9.17, 15) is 13.2 Å². The van der Waals surface area contributed by atoms with Crippen LogP contribution in [0.15, 0.2) is 23.1 Å². The summed E-state index contributed by atoms with van der Waals surface area (Å²) in [6.45, 7) is 8.35. The predicted octanol–water partition coefficient (Wildman–Crippen LogP) is 3.44. The second-order valence-corrected chi connectivity index (χ2v) is 7.74. The Morgan fingerprint density at radius 2 is 1.90 bits per heavy atom. The molecule has 1 rings (SSSR count). The number of carbonyl (C=O) groups excluding carboxylic acids is 1. The van der Waals surface area contributed by atoms with Gasteiger partial charge in [0.15, 0.2) is 0 Å². The Balaban J connectivity index is 3.29. The number of rotatable bonds is 6. The van der Waals surface area contributed by atoms with Crippen LogP contribution in [-0.2, 0) is 15.5 Å². The third-order valence-corrected chi connectivity index (χ3v) is 4.71. The number of aryl methyl sites for hydroxylation is 1. The van der Waals surface area contributed by atoms with E-state index in [1.165, 1.54) is 6.07 Å². The first kappa shape index (κ1) is 18.0. The van der Waals surface area contributed by atoms with Gasteiger partial charge in [-0.25, -0.2) is 8.42 Å². The molecule has 0 saturated heterocycles. The summed E-state index contributed by atoms with van der Waals surface area (Å²) in [5, 5.41) is 0. The molecule has 0 bridgehead atoms. The average Bonchev–Trinajstić information content (AvgIpc) is 2.42. The molecule has 0 unspecified atom stereocenters. The second kappa shape index (κ2) is 7.27. The lowest BCUT2D eigenvalue weighted by Crippen LogP contribution is -2.37. The molecule has 1 aromatic carbocycles. The number of halogens is 1. The van der Waals surface area contributed by atoms with Crippen LogP contribution in [0.1, 0.15) is 50.0 Å². The van der Waals surface area contributed by atoms with Crippen molar-refractivity contribution in [2.45, 2.75) is 51.5 Å². The Morgan fingerprint density at radius 1 is 1.29 bits per heavy atom. The van der Waals surface area contributed by atoms with E-state index in [0.717, 1.165) is 6.42 Å². The molecule has 0 N–H and O–H groups in total. The van der Waals surface area contributed by atoms with Crippen molar-refractivity contribution in [3.63, 3.8) is 0 Å². The Kier molecular flexibility index (Phi) is 6.23. The summed E-state index contributed by atoms with van der Waals surface area (Å²) in [5.74, 6) is -0.170. The zero-order chi connectivity index (χ0) is 16.2. The Morgan fingerprint density at radius 3 is 2.33 bits per heavy atom. The Bertz CT molecular complexity index is 611. The summed E-state index contributed by atoms with van der Waals surface area (Å²) in [6, 6.07) is 4.76. The molecule has 0 aromatic heterocycles. The van der Waals surface area contributed by atoms with Crippen molar-refractivity contribution in [2.24, 2.45) is 0 Å². The maximum absolute atomic E-state index is 12.5. The molecule has 1 aromatic rings. The topological polar surface area (TPSA) is 54.5 Å². The third kappa shape index (κ3) is 4.45. The number of amides is 1. The first-order valence-electron chi connectivity index (χ1n) is 7.10. The van der Waals surface area contributed by atoms with Gasteiger partial charge < -0.3 is 4.90 Å². The average molecular weight is 332 g/mol. The van der Waals surface area contributed by atoms with E-state index in [4.69, 9.17) is 10.7 Å². The van der Waals surface area contributed by atoms with Gasteiger partial charge in [0.1, 0.15) is 0 Å². The van der Waals surface area contributed by atoms with Crippen LogP contribution in [-0.4, -0.2) is 31.8 Å². The highest BCUT2D eigenvalue weighted by molar-refractivity contribution is 8.13. The minimum atomic E-state index is -3.86. The zero-order valence-electron chi connectivity index (χ0n) is 12.9. The summed E-state index contributed by atoms with van der Waals surface area (Å²) in [5.41, 5.74) is 0.974. The van der Waals surface area contributed by atoms with E-state index >= 15 is 0 Å². The van der Waals surface area contributed by atoms with Crippen LogP contribution in [0.4, 0.5) is 0 Å². The maximum Gasteiger partial charge on any atom is 0.261 e. The van der Waals surface area contributed by atoms with E-state index in [2.05, 4.69) is 0 Å². The predicted molar refractivity (Wildman–Crippen MR) is 85.3 cm³/mol. The normalized spacial score (nSPS) is 11.7. The van der Waals surface area contributed by atoms with Gasteiger partial charge in [0, 0.05) is 28.8 Å². The summed E-state index contributed by atoms with van der Waals surface area (Å²) in [6.07, 6.45) is 1.39. The first-order chi connectivity index (χ1) is 9.72. The lowest BCUT2D eigenvalue weighted by molar-refractivity contribution is 0.0705. The van der Waals surface area contributed by atoms with Gasteiger partial charge in [-0.2, -0.15) is 0 Å². The highest BCUT2D eigenvalue weighted by Crippen LogP contribution is 2.23. The first-order valence-corrected chi connectivity index (χ1v) is 9.41. The smallest absolute Gasteiger partial charge is 0.261 e. The van der Waals surface area contributed by atoms with Gasteiger partial charge >= 0.3 is 0 Å². The summed E-state index contributed by atoms with van der Waals surface area (Å²) in [7, 11) is 1.61. The van der Waals surface area contributed by atoms with Gasteiger partial charge in [-0.05, 0) is 44.4 Å². The van der Waals surface area contributed by atoms with Crippen molar-refractivity contribution in [3.05, 3.63) is 29.3 Å². The number of carbonyl (C=O) groups is 1. The maximum atomic E-state index is 12.5. The van der Waals surface area contributed by atoms with E-state index in [1.54, 1.807) is 17.0 Å². The molecule has 0 radical (unpaired) electrons. The SMILES string of the molecule is CCCN(C(=O)c1ccc(CC)c(S(=O)(=O)Cl)c1)C(C)C. The van der Waals surface area contributed by atoms with Crippen LogP contribution in [0.3, 0.4) is 0 Å². The second-order valence-electron chi connectivity index (χ2n) is 5.21. The van der Waals surface area contributed by atoms with Crippen molar-refractivity contribution < 1.29 is 13.2 Å². The van der Waals surface area contributed by atoms with Crippen molar-refractivity contribution in [1.82, 2.24) is 4.90 Å². The molecule has 0 saturated carbocycles. The van der Waals surface area contributed by atoms with Crippen LogP contribution in [0.25, 0.3) is 0 Å². The molecule has 0 fully saturated rings.